The zero-order chi connectivity index (χ0) is 13.7. The van der Waals surface area contributed by atoms with Crippen molar-refractivity contribution in [3.05, 3.63) is 34.7 Å². The van der Waals surface area contributed by atoms with Gasteiger partial charge in [-0.3, -0.25) is 0 Å². The highest BCUT2D eigenvalue weighted by molar-refractivity contribution is 7.11. The van der Waals surface area contributed by atoms with E-state index in [0.717, 1.165) is 17.0 Å². The summed E-state index contributed by atoms with van der Waals surface area (Å²) in [5.74, 6) is 0.387. The van der Waals surface area contributed by atoms with E-state index in [4.69, 9.17) is 9.47 Å². The van der Waals surface area contributed by atoms with Gasteiger partial charge in [0.25, 0.3) is 0 Å². The van der Waals surface area contributed by atoms with E-state index >= 15 is 0 Å². The van der Waals surface area contributed by atoms with Gasteiger partial charge in [-0.2, -0.15) is 0 Å². The van der Waals surface area contributed by atoms with Crippen LogP contribution < -0.4 is 4.74 Å². The Balaban J connectivity index is 2.30. The van der Waals surface area contributed by atoms with Crippen molar-refractivity contribution in [2.75, 3.05) is 13.2 Å². The van der Waals surface area contributed by atoms with Gasteiger partial charge in [0.15, 0.2) is 0 Å². The van der Waals surface area contributed by atoms with Gasteiger partial charge in [0.05, 0.1) is 18.9 Å². The lowest BCUT2D eigenvalue weighted by Gasteiger charge is -2.07. The summed E-state index contributed by atoms with van der Waals surface area (Å²) in [6.45, 7) is 4.65. The Labute approximate surface area is 116 Å². The summed E-state index contributed by atoms with van der Waals surface area (Å²) in [6, 6.07) is 7.64. The van der Waals surface area contributed by atoms with Crippen LogP contribution in [0.4, 0.5) is 0 Å². The quantitative estimate of drug-likeness (QED) is 0.786. The molecule has 2 aromatic rings. The highest BCUT2D eigenvalue weighted by atomic mass is 32.1. The molecular weight excluding hydrogens is 262 g/mol. The van der Waals surface area contributed by atoms with Gasteiger partial charge in [-0.1, -0.05) is 12.1 Å². The highest BCUT2D eigenvalue weighted by Crippen LogP contribution is 2.30. The molecule has 2 rings (SSSR count). The maximum atomic E-state index is 11.6. The maximum absolute atomic E-state index is 11.6. The molecule has 0 N–H and O–H groups in total. The van der Waals surface area contributed by atoms with Crippen LogP contribution in [0.5, 0.6) is 5.75 Å². The fraction of sp³-hybridized carbons (Fsp3) is 0.286. The molecule has 0 spiro atoms. The monoisotopic (exact) mass is 277 g/mol. The van der Waals surface area contributed by atoms with Crippen LogP contribution >= 0.6 is 11.3 Å². The molecule has 0 amide bonds. The number of benzene rings is 1. The number of para-hydroxylation sites is 1. The lowest BCUT2D eigenvalue weighted by Crippen LogP contribution is -2.03. The number of nitrogens with zero attached hydrogens (tertiary/aromatic N) is 1. The second-order valence-corrected chi connectivity index (χ2v) is 4.55. The first-order valence-electron chi connectivity index (χ1n) is 6.11. The summed E-state index contributed by atoms with van der Waals surface area (Å²) in [7, 11) is 0. The van der Waals surface area contributed by atoms with Crippen LogP contribution in [-0.2, 0) is 4.74 Å². The summed E-state index contributed by atoms with van der Waals surface area (Å²) < 4.78 is 10.5. The third kappa shape index (κ3) is 3.12. The molecule has 0 aliphatic rings. The van der Waals surface area contributed by atoms with Gasteiger partial charge in [-0.05, 0) is 26.0 Å². The lowest BCUT2D eigenvalue weighted by atomic mass is 10.1. The molecule has 0 aliphatic carbocycles. The molecule has 1 heterocycles. The summed E-state index contributed by atoms with van der Waals surface area (Å²) in [5.41, 5.74) is 1.62. The van der Waals surface area contributed by atoms with E-state index in [0.29, 0.717) is 18.2 Å². The van der Waals surface area contributed by atoms with Crippen LogP contribution in [0.2, 0.25) is 0 Å². The minimum absolute atomic E-state index is 0.350. The number of hydrogen-bond acceptors (Lipinski definition) is 5. The molecule has 5 heteroatoms. The van der Waals surface area contributed by atoms with Crippen molar-refractivity contribution in [2.45, 2.75) is 13.8 Å². The summed E-state index contributed by atoms with van der Waals surface area (Å²) in [6.07, 6.45) is 0. The zero-order valence-electron chi connectivity index (χ0n) is 10.9. The van der Waals surface area contributed by atoms with E-state index in [2.05, 4.69) is 4.98 Å². The Kier molecular flexibility index (Phi) is 4.52. The normalized spacial score (nSPS) is 10.2. The van der Waals surface area contributed by atoms with Gasteiger partial charge in [0.2, 0.25) is 5.01 Å². The Morgan fingerprint density at radius 2 is 2.05 bits per heavy atom. The zero-order valence-corrected chi connectivity index (χ0v) is 11.7. The molecular formula is C14H15NO3S. The van der Waals surface area contributed by atoms with Crippen molar-refractivity contribution < 1.29 is 14.3 Å². The van der Waals surface area contributed by atoms with Gasteiger partial charge in [-0.15, -0.1) is 11.3 Å². The van der Waals surface area contributed by atoms with Gasteiger partial charge in [0.1, 0.15) is 5.75 Å². The van der Waals surface area contributed by atoms with Crippen molar-refractivity contribution in [3.8, 4) is 17.0 Å². The first-order valence-corrected chi connectivity index (χ1v) is 6.99. The molecule has 0 atom stereocenters. The lowest BCUT2D eigenvalue weighted by molar-refractivity contribution is 0.0526. The van der Waals surface area contributed by atoms with Gasteiger partial charge < -0.3 is 9.47 Å². The van der Waals surface area contributed by atoms with E-state index in [1.165, 1.54) is 11.3 Å². The second kappa shape index (κ2) is 6.33. The van der Waals surface area contributed by atoms with Crippen LogP contribution in [-0.4, -0.2) is 24.2 Å². The van der Waals surface area contributed by atoms with Crippen molar-refractivity contribution in [1.82, 2.24) is 4.98 Å². The standard InChI is InChI=1S/C14H15NO3S/c1-3-17-12-8-6-5-7-10(12)11-9-19-13(15-11)14(16)18-4-2/h5-9H,3-4H2,1-2H3. The minimum atomic E-state index is -0.382. The Bertz CT molecular complexity index is 565. The molecule has 1 aromatic heterocycles. The smallest absolute Gasteiger partial charge is 0.367 e. The molecule has 0 saturated carbocycles. The van der Waals surface area contributed by atoms with E-state index in [1.54, 1.807) is 6.92 Å². The second-order valence-electron chi connectivity index (χ2n) is 3.69. The maximum Gasteiger partial charge on any atom is 0.367 e. The number of thiazole rings is 1. The Morgan fingerprint density at radius 1 is 1.26 bits per heavy atom. The van der Waals surface area contributed by atoms with E-state index < -0.39 is 0 Å². The third-order valence-corrected chi connectivity index (χ3v) is 3.24. The molecule has 1 aromatic carbocycles. The van der Waals surface area contributed by atoms with Crippen LogP contribution in [0.1, 0.15) is 23.6 Å². The molecule has 0 aliphatic heterocycles. The van der Waals surface area contributed by atoms with Crippen LogP contribution in [0.15, 0.2) is 29.6 Å². The number of carbonyl (C=O) groups is 1. The van der Waals surface area contributed by atoms with E-state index in [1.807, 2.05) is 36.6 Å². The van der Waals surface area contributed by atoms with Crippen molar-refractivity contribution >= 4 is 17.3 Å². The number of esters is 1. The fourth-order valence-corrected chi connectivity index (χ4v) is 2.35. The number of ether oxygens (including phenoxy) is 2. The van der Waals surface area contributed by atoms with Crippen molar-refractivity contribution in [3.63, 3.8) is 0 Å². The summed E-state index contributed by atoms with van der Waals surface area (Å²) >= 11 is 1.28. The summed E-state index contributed by atoms with van der Waals surface area (Å²) in [4.78, 5) is 15.9. The van der Waals surface area contributed by atoms with Crippen molar-refractivity contribution in [1.29, 1.82) is 0 Å². The average Bonchev–Trinajstić information content (AvgIpc) is 2.90. The van der Waals surface area contributed by atoms with Gasteiger partial charge in [-0.25, -0.2) is 9.78 Å². The van der Waals surface area contributed by atoms with Gasteiger partial charge >= 0.3 is 5.97 Å². The van der Waals surface area contributed by atoms with Crippen LogP contribution in [0.3, 0.4) is 0 Å². The highest BCUT2D eigenvalue weighted by Gasteiger charge is 2.15. The average molecular weight is 277 g/mol. The Morgan fingerprint density at radius 3 is 2.79 bits per heavy atom. The summed E-state index contributed by atoms with van der Waals surface area (Å²) in [5, 5.41) is 2.20. The predicted octanol–water partition coefficient (Wildman–Crippen LogP) is 3.39. The molecule has 19 heavy (non-hydrogen) atoms. The first kappa shape index (κ1) is 13.5. The predicted molar refractivity (Wildman–Crippen MR) is 74.7 cm³/mol. The number of rotatable bonds is 5. The molecule has 0 saturated heterocycles. The molecule has 4 nitrogen and oxygen atoms in total. The third-order valence-electron chi connectivity index (χ3n) is 2.42. The largest absolute Gasteiger partial charge is 0.493 e. The number of aromatic nitrogens is 1. The fourth-order valence-electron chi connectivity index (χ4n) is 1.64. The molecule has 100 valence electrons. The first-order chi connectivity index (χ1) is 9.26. The molecule has 0 unspecified atom stereocenters. The SMILES string of the molecule is CCOC(=O)c1nc(-c2ccccc2OCC)cs1. The topological polar surface area (TPSA) is 48.4 Å². The van der Waals surface area contributed by atoms with E-state index in [9.17, 15) is 4.79 Å². The van der Waals surface area contributed by atoms with Crippen LogP contribution in [0, 0.1) is 0 Å². The van der Waals surface area contributed by atoms with Crippen LogP contribution in [0.25, 0.3) is 11.3 Å². The Hall–Kier alpha value is -1.88. The minimum Gasteiger partial charge on any atom is -0.493 e. The number of carbonyl (C=O) groups excluding carboxylic acids is 1. The van der Waals surface area contributed by atoms with Crippen molar-refractivity contribution in [2.24, 2.45) is 0 Å². The van der Waals surface area contributed by atoms with Gasteiger partial charge in [0, 0.05) is 10.9 Å². The molecule has 0 radical (unpaired) electrons. The molecule has 0 bridgehead atoms. The molecule has 0 fully saturated rings. The number of hydrogen-bond donors (Lipinski definition) is 0. The van der Waals surface area contributed by atoms with E-state index in [-0.39, 0.29) is 5.97 Å².